The number of piperidine rings is 1. The number of benzene rings is 1. The second-order valence-electron chi connectivity index (χ2n) is 6.98. The summed E-state index contributed by atoms with van der Waals surface area (Å²) >= 11 is 6.07. The minimum atomic E-state index is -0.781. The molecule has 2 heterocycles. The molecule has 1 aromatic rings. The van der Waals surface area contributed by atoms with Gasteiger partial charge in [-0.2, -0.15) is 0 Å². The Kier molecular flexibility index (Phi) is 5.81. The number of carbonyl (C=O) groups excluding carboxylic acids is 2. The molecule has 0 spiro atoms. The van der Waals surface area contributed by atoms with E-state index in [9.17, 15) is 14.4 Å². The molecule has 2 amide bonds. The molecule has 7 heteroatoms. The quantitative estimate of drug-likeness (QED) is 0.798. The molecule has 0 aromatic heterocycles. The van der Waals surface area contributed by atoms with Crippen LogP contribution in [-0.2, 0) is 20.8 Å². The number of carboxylic acid groups (broad SMARTS) is 1. The van der Waals surface area contributed by atoms with Gasteiger partial charge >= 0.3 is 5.97 Å². The van der Waals surface area contributed by atoms with Crippen LogP contribution in [0.1, 0.15) is 42.9 Å². The van der Waals surface area contributed by atoms with Gasteiger partial charge in [-0.05, 0) is 48.9 Å². The van der Waals surface area contributed by atoms with Crippen molar-refractivity contribution in [2.24, 2.45) is 5.92 Å². The second kappa shape index (κ2) is 8.08. The number of likely N-dealkylation sites (tertiary alicyclic amines) is 1. The Morgan fingerprint density at radius 2 is 1.96 bits per heavy atom. The van der Waals surface area contributed by atoms with E-state index in [1.54, 1.807) is 9.80 Å². The largest absolute Gasteiger partial charge is 0.481 e. The van der Waals surface area contributed by atoms with Crippen LogP contribution < -0.4 is 0 Å². The highest BCUT2D eigenvalue weighted by Gasteiger charge is 2.30. The first-order valence-corrected chi connectivity index (χ1v) is 9.37. The van der Waals surface area contributed by atoms with Crippen LogP contribution in [0, 0.1) is 5.92 Å². The minimum Gasteiger partial charge on any atom is -0.481 e. The molecular weight excluding hydrogens is 356 g/mol. The fourth-order valence-electron chi connectivity index (χ4n) is 3.94. The van der Waals surface area contributed by atoms with Gasteiger partial charge in [-0.25, -0.2) is 0 Å². The van der Waals surface area contributed by atoms with Crippen molar-refractivity contribution in [1.82, 2.24) is 9.80 Å². The Bertz CT molecular complexity index is 701. The lowest BCUT2D eigenvalue weighted by molar-refractivity contribution is -0.145. The maximum Gasteiger partial charge on any atom is 0.306 e. The molecule has 1 atom stereocenters. The average Bonchev–Trinajstić information content (AvgIpc) is 2.65. The predicted octanol–water partition coefficient (Wildman–Crippen LogP) is 2.50. The first kappa shape index (κ1) is 18.7. The van der Waals surface area contributed by atoms with Crippen molar-refractivity contribution >= 4 is 29.9 Å². The normalized spacial score (nSPS) is 20.6. The number of carbonyl (C=O) groups is 3. The highest BCUT2D eigenvalue weighted by Crippen LogP contribution is 2.34. The smallest absolute Gasteiger partial charge is 0.306 e. The zero-order valence-electron chi connectivity index (χ0n) is 14.6. The Morgan fingerprint density at radius 1 is 1.23 bits per heavy atom. The molecule has 0 bridgehead atoms. The van der Waals surface area contributed by atoms with E-state index in [4.69, 9.17) is 16.7 Å². The molecule has 0 aliphatic carbocycles. The van der Waals surface area contributed by atoms with Crippen LogP contribution >= 0.6 is 11.6 Å². The summed E-state index contributed by atoms with van der Waals surface area (Å²) in [7, 11) is 0. The molecule has 2 aliphatic heterocycles. The number of nitrogens with zero attached hydrogens (tertiary/aromatic N) is 2. The third-order valence-electron chi connectivity index (χ3n) is 5.47. The van der Waals surface area contributed by atoms with Crippen molar-refractivity contribution in [3.8, 4) is 0 Å². The third kappa shape index (κ3) is 4.01. The van der Waals surface area contributed by atoms with Crippen LogP contribution in [0.3, 0.4) is 0 Å². The zero-order chi connectivity index (χ0) is 18.7. The lowest BCUT2D eigenvalue weighted by atomic mass is 9.90. The van der Waals surface area contributed by atoms with Crippen LogP contribution in [-0.4, -0.2) is 52.8 Å². The van der Waals surface area contributed by atoms with Gasteiger partial charge in [-0.3, -0.25) is 14.4 Å². The van der Waals surface area contributed by atoms with E-state index in [0.717, 1.165) is 24.0 Å². The Balaban J connectivity index is 1.62. The molecule has 6 nitrogen and oxygen atoms in total. The second-order valence-corrected chi connectivity index (χ2v) is 7.42. The van der Waals surface area contributed by atoms with Crippen molar-refractivity contribution in [3.05, 3.63) is 34.3 Å². The van der Waals surface area contributed by atoms with Gasteiger partial charge in [0.2, 0.25) is 12.3 Å². The van der Waals surface area contributed by atoms with E-state index in [0.29, 0.717) is 50.3 Å². The maximum atomic E-state index is 12.5. The van der Waals surface area contributed by atoms with Gasteiger partial charge in [0.05, 0.1) is 12.0 Å². The van der Waals surface area contributed by atoms with E-state index in [1.807, 2.05) is 18.2 Å². The van der Waals surface area contributed by atoms with Crippen molar-refractivity contribution in [2.75, 3.05) is 19.6 Å². The molecule has 3 rings (SSSR count). The Morgan fingerprint density at radius 3 is 2.62 bits per heavy atom. The lowest BCUT2D eigenvalue weighted by Crippen LogP contribution is -2.41. The van der Waals surface area contributed by atoms with Crippen LogP contribution in [0.5, 0.6) is 0 Å². The third-order valence-corrected chi connectivity index (χ3v) is 5.70. The van der Waals surface area contributed by atoms with Crippen LogP contribution in [0.4, 0.5) is 0 Å². The number of aliphatic carboxylic acids is 1. The maximum absolute atomic E-state index is 12.5. The summed E-state index contributed by atoms with van der Waals surface area (Å²) in [6.45, 7) is 1.60. The topological polar surface area (TPSA) is 77.9 Å². The minimum absolute atomic E-state index is 0.0285. The first-order valence-electron chi connectivity index (χ1n) is 8.99. The predicted molar refractivity (Wildman–Crippen MR) is 96.8 cm³/mol. The first-order chi connectivity index (χ1) is 12.5. The van der Waals surface area contributed by atoms with Gasteiger partial charge in [0.15, 0.2) is 0 Å². The van der Waals surface area contributed by atoms with Crippen molar-refractivity contribution in [3.63, 3.8) is 0 Å². The van der Waals surface area contributed by atoms with Crippen molar-refractivity contribution in [2.45, 2.75) is 38.1 Å². The highest BCUT2D eigenvalue weighted by molar-refractivity contribution is 6.30. The monoisotopic (exact) mass is 378 g/mol. The standard InChI is InChI=1S/C19H23ClN2O4/c20-15-1-2-16-14(11-15)7-10-22(12-23)17(16)3-4-18(24)21-8-5-13(6-9-21)19(25)26/h1-2,11-13,17H,3-10H2,(H,25,26)/t17-/m0/s1. The molecule has 0 unspecified atom stereocenters. The molecule has 1 fully saturated rings. The fourth-order valence-corrected chi connectivity index (χ4v) is 4.14. The average molecular weight is 379 g/mol. The van der Waals surface area contributed by atoms with Gasteiger partial charge in [0.1, 0.15) is 0 Å². The molecule has 1 saturated heterocycles. The molecule has 0 radical (unpaired) electrons. The molecule has 1 aromatic carbocycles. The van der Waals surface area contributed by atoms with Gasteiger partial charge in [-0.15, -0.1) is 0 Å². The van der Waals surface area contributed by atoms with Crippen molar-refractivity contribution < 1.29 is 19.5 Å². The Hall–Kier alpha value is -2.08. The van der Waals surface area contributed by atoms with Gasteiger partial charge in [0.25, 0.3) is 0 Å². The summed E-state index contributed by atoms with van der Waals surface area (Å²) in [6.07, 6.45) is 3.53. The number of carboxylic acids is 1. The number of hydrogen-bond acceptors (Lipinski definition) is 3. The molecular formula is C19H23ClN2O4. The zero-order valence-corrected chi connectivity index (χ0v) is 15.3. The number of hydrogen-bond donors (Lipinski definition) is 1. The Labute approximate surface area is 157 Å². The number of fused-ring (bicyclic) bond motifs is 1. The number of halogens is 1. The number of rotatable bonds is 5. The molecule has 2 aliphatic rings. The van der Waals surface area contributed by atoms with E-state index in [2.05, 4.69) is 0 Å². The summed E-state index contributed by atoms with van der Waals surface area (Å²) in [5.74, 6) is -1.10. The molecule has 140 valence electrons. The summed E-state index contributed by atoms with van der Waals surface area (Å²) < 4.78 is 0. The van der Waals surface area contributed by atoms with Gasteiger partial charge in [-0.1, -0.05) is 17.7 Å². The van der Waals surface area contributed by atoms with Crippen molar-refractivity contribution in [1.29, 1.82) is 0 Å². The molecule has 0 saturated carbocycles. The molecule has 26 heavy (non-hydrogen) atoms. The summed E-state index contributed by atoms with van der Waals surface area (Å²) in [6, 6.07) is 5.58. The summed E-state index contributed by atoms with van der Waals surface area (Å²) in [5, 5.41) is 9.73. The highest BCUT2D eigenvalue weighted by atomic mass is 35.5. The van der Waals surface area contributed by atoms with E-state index >= 15 is 0 Å². The fraction of sp³-hybridized carbons (Fsp3) is 0.526. The summed E-state index contributed by atoms with van der Waals surface area (Å²) in [4.78, 5) is 38.5. The lowest BCUT2D eigenvalue weighted by Gasteiger charge is -2.36. The number of amides is 2. The van der Waals surface area contributed by atoms with E-state index in [1.165, 1.54) is 0 Å². The van der Waals surface area contributed by atoms with E-state index in [-0.39, 0.29) is 17.9 Å². The SMILES string of the molecule is O=CN1CCc2cc(Cl)ccc2[C@@H]1CCC(=O)N1CCC(C(=O)O)CC1. The van der Waals surface area contributed by atoms with Crippen LogP contribution in [0.2, 0.25) is 5.02 Å². The molecule has 1 N–H and O–H groups in total. The summed E-state index contributed by atoms with van der Waals surface area (Å²) in [5.41, 5.74) is 2.19. The van der Waals surface area contributed by atoms with Crippen LogP contribution in [0.25, 0.3) is 0 Å². The van der Waals surface area contributed by atoms with Gasteiger partial charge in [0, 0.05) is 31.1 Å². The van der Waals surface area contributed by atoms with E-state index < -0.39 is 5.97 Å². The van der Waals surface area contributed by atoms with Crippen LogP contribution in [0.15, 0.2) is 18.2 Å². The van der Waals surface area contributed by atoms with Gasteiger partial charge < -0.3 is 14.9 Å².